The Labute approximate surface area is 153 Å². The number of ether oxygens (including phenoxy) is 2. The van der Waals surface area contributed by atoms with Gasteiger partial charge in [0, 0.05) is 51.1 Å². The normalized spacial score (nSPS) is 14.2. The van der Waals surface area contributed by atoms with E-state index in [0.29, 0.717) is 25.9 Å². The van der Waals surface area contributed by atoms with Crippen LogP contribution in [0.5, 0.6) is 11.5 Å². The number of aryl methyl sites for hydroxylation is 1. The van der Waals surface area contributed by atoms with Crippen LogP contribution < -0.4 is 14.4 Å². The first kappa shape index (κ1) is 18.0. The Hall–Kier alpha value is -2.83. The minimum absolute atomic E-state index is 0.172. The number of methoxy groups -OCH3 is 2. The van der Waals surface area contributed by atoms with E-state index in [4.69, 9.17) is 9.47 Å². The van der Waals surface area contributed by atoms with Gasteiger partial charge in [0.05, 0.1) is 20.4 Å². The molecule has 138 valence electrons. The Balaban J connectivity index is 1.52. The van der Waals surface area contributed by atoms with E-state index in [9.17, 15) is 4.79 Å². The molecule has 0 saturated carbocycles. The van der Waals surface area contributed by atoms with Crippen LogP contribution in [0.2, 0.25) is 0 Å². The molecular formula is C19H24N4O3. The smallest absolute Gasteiger partial charge is 0.223 e. The van der Waals surface area contributed by atoms with Crippen molar-refractivity contribution in [3.8, 4) is 11.5 Å². The van der Waals surface area contributed by atoms with Crippen molar-refractivity contribution >= 4 is 11.7 Å². The SMILES string of the molecule is COc1cc(CCC(=O)N2CCN(c3cnccn3)CC2)cc(OC)c1. The number of amides is 1. The summed E-state index contributed by atoms with van der Waals surface area (Å²) < 4.78 is 10.6. The number of hydrogen-bond donors (Lipinski definition) is 0. The van der Waals surface area contributed by atoms with Crippen LogP contribution in [0.15, 0.2) is 36.8 Å². The van der Waals surface area contributed by atoms with Crippen molar-refractivity contribution in [2.45, 2.75) is 12.8 Å². The fourth-order valence-corrected chi connectivity index (χ4v) is 3.06. The van der Waals surface area contributed by atoms with E-state index >= 15 is 0 Å². The van der Waals surface area contributed by atoms with Crippen molar-refractivity contribution < 1.29 is 14.3 Å². The van der Waals surface area contributed by atoms with Crippen LogP contribution in [0.1, 0.15) is 12.0 Å². The molecule has 7 nitrogen and oxygen atoms in total. The number of piperazine rings is 1. The molecule has 0 atom stereocenters. The maximum absolute atomic E-state index is 12.5. The maximum Gasteiger partial charge on any atom is 0.223 e. The van der Waals surface area contributed by atoms with Crippen molar-refractivity contribution in [2.75, 3.05) is 45.3 Å². The molecule has 0 spiro atoms. The van der Waals surface area contributed by atoms with Gasteiger partial charge in [-0.05, 0) is 24.1 Å². The summed E-state index contributed by atoms with van der Waals surface area (Å²) in [4.78, 5) is 25.0. The van der Waals surface area contributed by atoms with Gasteiger partial charge in [0.2, 0.25) is 5.91 Å². The number of aromatic nitrogens is 2. The first-order valence-electron chi connectivity index (χ1n) is 8.70. The summed E-state index contributed by atoms with van der Waals surface area (Å²) in [6.45, 7) is 2.96. The summed E-state index contributed by atoms with van der Waals surface area (Å²) in [5.74, 6) is 2.52. The molecule has 0 radical (unpaired) electrons. The van der Waals surface area contributed by atoms with Gasteiger partial charge < -0.3 is 19.3 Å². The Bertz CT molecular complexity index is 709. The second kappa shape index (κ2) is 8.51. The number of carbonyl (C=O) groups is 1. The van der Waals surface area contributed by atoms with Crippen LogP contribution in [0.4, 0.5) is 5.82 Å². The van der Waals surface area contributed by atoms with Gasteiger partial charge in [-0.15, -0.1) is 0 Å². The fraction of sp³-hybridized carbons (Fsp3) is 0.421. The third kappa shape index (κ3) is 4.41. The van der Waals surface area contributed by atoms with Crippen LogP contribution in [0, 0.1) is 0 Å². The highest BCUT2D eigenvalue weighted by atomic mass is 16.5. The van der Waals surface area contributed by atoms with E-state index in [1.54, 1.807) is 32.8 Å². The molecule has 1 aromatic heterocycles. The minimum Gasteiger partial charge on any atom is -0.497 e. The fourth-order valence-electron chi connectivity index (χ4n) is 3.06. The summed E-state index contributed by atoms with van der Waals surface area (Å²) >= 11 is 0. The molecule has 26 heavy (non-hydrogen) atoms. The number of benzene rings is 1. The molecule has 2 aromatic rings. The molecule has 1 aromatic carbocycles. The molecule has 2 heterocycles. The monoisotopic (exact) mass is 356 g/mol. The predicted octanol–water partition coefficient (Wildman–Crippen LogP) is 1.78. The first-order chi connectivity index (χ1) is 12.7. The van der Waals surface area contributed by atoms with Gasteiger partial charge in [-0.25, -0.2) is 4.98 Å². The van der Waals surface area contributed by atoms with Crippen LogP contribution >= 0.6 is 0 Å². The molecule has 1 saturated heterocycles. The van der Waals surface area contributed by atoms with Crippen LogP contribution in [-0.2, 0) is 11.2 Å². The lowest BCUT2D eigenvalue weighted by Gasteiger charge is -2.35. The van der Waals surface area contributed by atoms with E-state index in [0.717, 1.165) is 36.0 Å². The Morgan fingerprint density at radius 2 is 1.73 bits per heavy atom. The summed E-state index contributed by atoms with van der Waals surface area (Å²) in [7, 11) is 3.25. The summed E-state index contributed by atoms with van der Waals surface area (Å²) in [5, 5.41) is 0. The van der Waals surface area contributed by atoms with Crippen molar-refractivity contribution in [3.63, 3.8) is 0 Å². The molecule has 3 rings (SSSR count). The molecule has 0 bridgehead atoms. The quantitative estimate of drug-likeness (QED) is 0.786. The van der Waals surface area contributed by atoms with Crippen molar-refractivity contribution in [2.24, 2.45) is 0 Å². The highest BCUT2D eigenvalue weighted by molar-refractivity contribution is 5.76. The standard InChI is InChI=1S/C19H24N4O3/c1-25-16-11-15(12-17(13-16)26-2)3-4-19(24)23-9-7-22(8-10-23)18-14-20-5-6-21-18/h5-6,11-14H,3-4,7-10H2,1-2H3. The number of rotatable bonds is 6. The Morgan fingerprint density at radius 1 is 1.04 bits per heavy atom. The van der Waals surface area contributed by atoms with Crippen LogP contribution in [0.25, 0.3) is 0 Å². The third-order valence-corrected chi connectivity index (χ3v) is 4.54. The summed E-state index contributed by atoms with van der Waals surface area (Å²) in [6.07, 6.45) is 6.25. The zero-order valence-electron chi connectivity index (χ0n) is 15.2. The molecule has 7 heteroatoms. The number of nitrogens with zero attached hydrogens (tertiary/aromatic N) is 4. The Kier molecular flexibility index (Phi) is 5.88. The maximum atomic E-state index is 12.5. The first-order valence-corrected chi connectivity index (χ1v) is 8.70. The van der Waals surface area contributed by atoms with Crippen LogP contribution in [0.3, 0.4) is 0 Å². The summed E-state index contributed by atoms with van der Waals surface area (Å²) in [6, 6.07) is 5.72. The van der Waals surface area contributed by atoms with Gasteiger partial charge in [-0.2, -0.15) is 0 Å². The van der Waals surface area contributed by atoms with E-state index in [-0.39, 0.29) is 5.91 Å². The zero-order valence-corrected chi connectivity index (χ0v) is 15.2. The van der Waals surface area contributed by atoms with Crippen molar-refractivity contribution in [1.82, 2.24) is 14.9 Å². The number of carbonyl (C=O) groups excluding carboxylic acids is 1. The molecule has 1 aliphatic heterocycles. The topological polar surface area (TPSA) is 67.8 Å². The predicted molar refractivity (Wildman–Crippen MR) is 98.7 cm³/mol. The van der Waals surface area contributed by atoms with E-state index in [1.807, 2.05) is 23.1 Å². The Morgan fingerprint density at radius 3 is 2.31 bits per heavy atom. The molecule has 0 unspecified atom stereocenters. The van der Waals surface area contributed by atoms with Crippen molar-refractivity contribution in [1.29, 1.82) is 0 Å². The summed E-state index contributed by atoms with van der Waals surface area (Å²) in [5.41, 5.74) is 1.03. The number of anilines is 1. The highest BCUT2D eigenvalue weighted by Gasteiger charge is 2.21. The van der Waals surface area contributed by atoms with Gasteiger partial charge in [-0.3, -0.25) is 9.78 Å². The lowest BCUT2D eigenvalue weighted by molar-refractivity contribution is -0.131. The lowest BCUT2D eigenvalue weighted by atomic mass is 10.1. The number of hydrogen-bond acceptors (Lipinski definition) is 6. The van der Waals surface area contributed by atoms with Gasteiger partial charge in [0.1, 0.15) is 17.3 Å². The van der Waals surface area contributed by atoms with Gasteiger partial charge in [-0.1, -0.05) is 0 Å². The van der Waals surface area contributed by atoms with E-state index < -0.39 is 0 Å². The second-order valence-corrected chi connectivity index (χ2v) is 6.15. The van der Waals surface area contributed by atoms with Gasteiger partial charge >= 0.3 is 0 Å². The van der Waals surface area contributed by atoms with Crippen molar-refractivity contribution in [3.05, 3.63) is 42.4 Å². The molecule has 1 amide bonds. The van der Waals surface area contributed by atoms with E-state index in [1.165, 1.54) is 0 Å². The van der Waals surface area contributed by atoms with Crippen LogP contribution in [-0.4, -0.2) is 61.2 Å². The average Bonchev–Trinajstić information content (AvgIpc) is 2.72. The molecule has 1 aliphatic rings. The molecular weight excluding hydrogens is 332 g/mol. The largest absolute Gasteiger partial charge is 0.497 e. The third-order valence-electron chi connectivity index (χ3n) is 4.54. The van der Waals surface area contributed by atoms with Gasteiger partial charge in [0.25, 0.3) is 0 Å². The second-order valence-electron chi connectivity index (χ2n) is 6.15. The lowest BCUT2D eigenvalue weighted by Crippen LogP contribution is -2.49. The van der Waals surface area contributed by atoms with Gasteiger partial charge in [0.15, 0.2) is 0 Å². The average molecular weight is 356 g/mol. The highest BCUT2D eigenvalue weighted by Crippen LogP contribution is 2.23. The minimum atomic E-state index is 0.172. The van der Waals surface area contributed by atoms with E-state index in [2.05, 4.69) is 14.9 Å². The zero-order chi connectivity index (χ0) is 18.4. The molecule has 0 aliphatic carbocycles. The molecule has 1 fully saturated rings. The molecule has 0 N–H and O–H groups in total.